The van der Waals surface area contributed by atoms with Gasteiger partial charge in [0.1, 0.15) is 5.15 Å². The molecule has 0 unspecified atom stereocenters. The number of aromatic nitrogens is 4. The molecule has 0 aliphatic heterocycles. The highest BCUT2D eigenvalue weighted by Crippen LogP contribution is 2.39. The van der Waals surface area contributed by atoms with Gasteiger partial charge in [0.25, 0.3) is 5.91 Å². The fourth-order valence-electron chi connectivity index (χ4n) is 3.90. The van der Waals surface area contributed by atoms with Gasteiger partial charge >= 0.3 is 6.09 Å². The molecule has 1 aromatic carbocycles. The summed E-state index contributed by atoms with van der Waals surface area (Å²) in [5, 5.41) is 6.10. The number of aryl methyl sites for hydroxylation is 1. The molecular formula is C28H28ClN7O5. The van der Waals surface area contributed by atoms with Crippen molar-refractivity contribution in [2.45, 2.75) is 20.0 Å². The van der Waals surface area contributed by atoms with Crippen molar-refractivity contribution in [3.05, 3.63) is 82.5 Å². The fourth-order valence-corrected chi connectivity index (χ4v) is 4.06. The molecule has 41 heavy (non-hydrogen) atoms. The Morgan fingerprint density at radius 3 is 2.54 bits per heavy atom. The zero-order chi connectivity index (χ0) is 29.4. The normalized spacial score (nSPS) is 10.6. The first-order valence-corrected chi connectivity index (χ1v) is 12.8. The summed E-state index contributed by atoms with van der Waals surface area (Å²) < 4.78 is 16.5. The predicted molar refractivity (Wildman–Crippen MR) is 152 cm³/mol. The van der Waals surface area contributed by atoms with Gasteiger partial charge in [-0.1, -0.05) is 17.7 Å². The summed E-state index contributed by atoms with van der Waals surface area (Å²) in [4.78, 5) is 40.7. The van der Waals surface area contributed by atoms with E-state index in [1.165, 1.54) is 19.3 Å². The average Bonchev–Trinajstić information content (AvgIpc) is 2.95. The summed E-state index contributed by atoms with van der Waals surface area (Å²) in [5.41, 5.74) is 9.38. The molecule has 13 heteroatoms. The van der Waals surface area contributed by atoms with Crippen molar-refractivity contribution in [3.63, 3.8) is 0 Å². The number of methoxy groups -OCH3 is 1. The standard InChI is InChI=1S/C28H28ClN7O5/c1-16-12-33-26(34-13-16)19-9-17(7-8-40-15-18-5-4-6-24(35-18)41-28(30)38)10-22(25(19)39-3)36-21-11-23(29)32-14-20(21)27(37)31-2/h4-6,9-14H,7-8,15H2,1-3H3,(H2,30,38)(H,31,37)(H,32,36). The van der Waals surface area contributed by atoms with E-state index in [-0.39, 0.29) is 23.5 Å². The number of nitrogens with zero attached hydrogens (tertiary/aromatic N) is 4. The molecule has 3 aromatic heterocycles. The van der Waals surface area contributed by atoms with E-state index in [9.17, 15) is 9.59 Å². The van der Waals surface area contributed by atoms with Gasteiger partial charge in [-0.15, -0.1) is 0 Å². The van der Waals surface area contributed by atoms with Crippen LogP contribution in [-0.4, -0.2) is 52.7 Å². The van der Waals surface area contributed by atoms with Crippen molar-refractivity contribution in [2.75, 3.05) is 26.1 Å². The van der Waals surface area contributed by atoms with Crippen LogP contribution in [0.4, 0.5) is 16.2 Å². The second kappa shape index (κ2) is 13.5. The van der Waals surface area contributed by atoms with E-state index in [1.54, 1.807) is 37.7 Å². The molecule has 0 radical (unpaired) electrons. The average molecular weight is 578 g/mol. The molecule has 12 nitrogen and oxygen atoms in total. The van der Waals surface area contributed by atoms with Crippen molar-refractivity contribution in [1.82, 2.24) is 25.3 Å². The van der Waals surface area contributed by atoms with Crippen molar-refractivity contribution in [2.24, 2.45) is 5.73 Å². The van der Waals surface area contributed by atoms with E-state index in [0.717, 1.165) is 11.1 Å². The number of carbonyl (C=O) groups is 2. The van der Waals surface area contributed by atoms with Gasteiger partial charge in [-0.05, 0) is 48.7 Å². The molecule has 0 spiro atoms. The number of hydrogen-bond donors (Lipinski definition) is 3. The largest absolute Gasteiger partial charge is 0.494 e. The molecule has 0 aliphatic carbocycles. The summed E-state index contributed by atoms with van der Waals surface area (Å²) in [6.07, 6.45) is 4.41. The van der Waals surface area contributed by atoms with Crippen LogP contribution in [-0.2, 0) is 17.8 Å². The Hall–Kier alpha value is -4.81. The van der Waals surface area contributed by atoms with E-state index in [2.05, 4.69) is 30.6 Å². The van der Waals surface area contributed by atoms with E-state index >= 15 is 0 Å². The summed E-state index contributed by atoms with van der Waals surface area (Å²) in [6.45, 7) is 2.43. The third-order valence-corrected chi connectivity index (χ3v) is 5.96. The van der Waals surface area contributed by atoms with Crippen LogP contribution in [0.1, 0.15) is 27.2 Å². The number of nitrogens with one attached hydrogen (secondary N) is 2. The zero-order valence-corrected chi connectivity index (χ0v) is 23.4. The van der Waals surface area contributed by atoms with Gasteiger partial charge in [0.2, 0.25) is 5.88 Å². The first-order chi connectivity index (χ1) is 19.8. The lowest BCUT2D eigenvalue weighted by atomic mass is 10.0. The van der Waals surface area contributed by atoms with Gasteiger partial charge in [-0.25, -0.2) is 24.7 Å². The first kappa shape index (κ1) is 29.2. The van der Waals surface area contributed by atoms with E-state index in [1.807, 2.05) is 19.1 Å². The Morgan fingerprint density at radius 2 is 1.83 bits per heavy atom. The number of benzene rings is 1. The zero-order valence-electron chi connectivity index (χ0n) is 22.6. The van der Waals surface area contributed by atoms with E-state index in [4.69, 9.17) is 31.5 Å². The molecule has 4 N–H and O–H groups in total. The van der Waals surface area contributed by atoms with Crippen molar-refractivity contribution in [1.29, 1.82) is 0 Å². The number of primary amides is 1. The summed E-state index contributed by atoms with van der Waals surface area (Å²) in [7, 11) is 3.08. The van der Waals surface area contributed by atoms with E-state index in [0.29, 0.717) is 52.8 Å². The number of anilines is 2. The number of ether oxygens (including phenoxy) is 3. The van der Waals surface area contributed by atoms with Gasteiger partial charge in [0.15, 0.2) is 11.6 Å². The number of carbonyl (C=O) groups excluding carboxylic acids is 2. The minimum Gasteiger partial charge on any atom is -0.494 e. The number of hydrogen-bond acceptors (Lipinski definition) is 10. The molecule has 0 bridgehead atoms. The number of amides is 2. The first-order valence-electron chi connectivity index (χ1n) is 12.4. The van der Waals surface area contributed by atoms with Crippen LogP contribution in [0.15, 0.2) is 55.0 Å². The number of halogens is 1. The van der Waals surface area contributed by atoms with Crippen LogP contribution >= 0.6 is 11.6 Å². The smallest absolute Gasteiger partial charge is 0.411 e. The van der Waals surface area contributed by atoms with Crippen LogP contribution in [0.5, 0.6) is 11.6 Å². The second-order valence-electron chi connectivity index (χ2n) is 8.76. The SMILES string of the molecule is CNC(=O)c1cnc(Cl)cc1Nc1cc(CCOCc2cccc(OC(N)=O)n2)cc(-c2ncc(C)cn2)c1OC. The highest BCUT2D eigenvalue weighted by atomic mass is 35.5. The highest BCUT2D eigenvalue weighted by molar-refractivity contribution is 6.29. The molecule has 3 heterocycles. The minimum atomic E-state index is -0.940. The van der Waals surface area contributed by atoms with Crippen molar-refractivity contribution >= 4 is 35.0 Å². The van der Waals surface area contributed by atoms with Crippen LogP contribution in [0.25, 0.3) is 11.4 Å². The highest BCUT2D eigenvalue weighted by Gasteiger charge is 2.19. The lowest BCUT2D eigenvalue weighted by Gasteiger charge is -2.18. The molecule has 0 fully saturated rings. The maximum Gasteiger partial charge on any atom is 0.411 e. The van der Waals surface area contributed by atoms with Crippen molar-refractivity contribution in [3.8, 4) is 23.0 Å². The lowest BCUT2D eigenvalue weighted by Crippen LogP contribution is -2.19. The van der Waals surface area contributed by atoms with E-state index < -0.39 is 6.09 Å². The maximum absolute atomic E-state index is 12.5. The molecule has 4 aromatic rings. The third kappa shape index (κ3) is 7.65. The number of pyridine rings is 2. The molecule has 0 aliphatic rings. The molecule has 212 valence electrons. The monoisotopic (exact) mass is 577 g/mol. The Kier molecular flexibility index (Phi) is 9.61. The quantitative estimate of drug-likeness (QED) is 0.174. The lowest BCUT2D eigenvalue weighted by molar-refractivity contribution is 0.0963. The fraction of sp³-hybridized carbons (Fsp3) is 0.214. The van der Waals surface area contributed by atoms with Gasteiger partial charge in [0, 0.05) is 31.7 Å². The third-order valence-electron chi connectivity index (χ3n) is 5.76. The molecule has 4 rings (SSSR count). The van der Waals surface area contributed by atoms with Gasteiger partial charge in [-0.2, -0.15) is 0 Å². The van der Waals surface area contributed by atoms with Crippen LogP contribution in [0.3, 0.4) is 0 Å². The molecule has 0 saturated heterocycles. The van der Waals surface area contributed by atoms with Crippen LogP contribution < -0.4 is 25.8 Å². The van der Waals surface area contributed by atoms with Crippen LogP contribution in [0, 0.1) is 6.92 Å². The molecular weight excluding hydrogens is 550 g/mol. The summed E-state index contributed by atoms with van der Waals surface area (Å²) in [5.74, 6) is 0.707. The number of rotatable bonds is 11. The summed E-state index contributed by atoms with van der Waals surface area (Å²) in [6, 6.07) is 10.3. The Bertz CT molecular complexity index is 1550. The van der Waals surface area contributed by atoms with Crippen molar-refractivity contribution < 1.29 is 23.8 Å². The van der Waals surface area contributed by atoms with Gasteiger partial charge in [-0.3, -0.25) is 4.79 Å². The van der Waals surface area contributed by atoms with Gasteiger partial charge in [0.05, 0.1) is 48.5 Å². The Labute approximate surface area is 241 Å². The second-order valence-corrected chi connectivity index (χ2v) is 9.14. The number of nitrogens with two attached hydrogens (primary N) is 1. The molecule has 0 atom stereocenters. The molecule has 2 amide bonds. The summed E-state index contributed by atoms with van der Waals surface area (Å²) >= 11 is 6.16. The van der Waals surface area contributed by atoms with Crippen LogP contribution in [0.2, 0.25) is 5.15 Å². The topological polar surface area (TPSA) is 163 Å². The maximum atomic E-state index is 12.5. The Morgan fingerprint density at radius 1 is 1.05 bits per heavy atom. The Balaban J connectivity index is 1.63. The predicted octanol–water partition coefficient (Wildman–Crippen LogP) is 4.22. The van der Waals surface area contributed by atoms with Gasteiger partial charge < -0.3 is 30.6 Å². The minimum absolute atomic E-state index is 0.0968. The molecule has 0 saturated carbocycles.